The normalized spacial score (nSPS) is 17.9. The van der Waals surface area contributed by atoms with Gasteiger partial charge in [0.1, 0.15) is 11.4 Å². The zero-order valence-corrected chi connectivity index (χ0v) is 16.4. The molecule has 2 atom stereocenters. The first-order valence-corrected chi connectivity index (χ1v) is 9.28. The van der Waals surface area contributed by atoms with Gasteiger partial charge in [-0.1, -0.05) is 18.2 Å². The van der Waals surface area contributed by atoms with Crippen molar-refractivity contribution in [3.05, 3.63) is 35.6 Å². The lowest BCUT2D eigenvalue weighted by Gasteiger charge is -2.25. The number of nitrogens with one attached hydrogen (secondary N) is 1. The second-order valence-corrected chi connectivity index (χ2v) is 8.01. The molecule has 0 radical (unpaired) electrons. The standard InChI is InChI=1S/C20H27FN2O5/c1-20(2,3)28-19(27)22-15(10-13-6-4-5-7-16(13)21)11-17(24)23-9-8-14(12-23)18(25)26/h4-7,14-15H,8-12H2,1-3H3,(H,22,27)(H,25,26). The summed E-state index contributed by atoms with van der Waals surface area (Å²) in [5.74, 6) is -2.20. The molecular weight excluding hydrogens is 367 g/mol. The van der Waals surface area contributed by atoms with Gasteiger partial charge >= 0.3 is 12.1 Å². The van der Waals surface area contributed by atoms with Crippen molar-refractivity contribution in [2.45, 2.75) is 51.7 Å². The number of likely N-dealkylation sites (tertiary alicyclic amines) is 1. The Morgan fingerprint density at radius 1 is 1.32 bits per heavy atom. The number of amides is 2. The first-order chi connectivity index (χ1) is 13.0. The van der Waals surface area contributed by atoms with Gasteiger partial charge in [-0.25, -0.2) is 9.18 Å². The van der Waals surface area contributed by atoms with Crippen molar-refractivity contribution < 1.29 is 28.6 Å². The minimum Gasteiger partial charge on any atom is -0.481 e. The molecule has 1 aromatic carbocycles. The minimum atomic E-state index is -0.926. The maximum Gasteiger partial charge on any atom is 0.407 e. The molecule has 2 rings (SSSR count). The molecule has 0 aliphatic carbocycles. The molecule has 1 fully saturated rings. The zero-order chi connectivity index (χ0) is 20.9. The molecule has 1 saturated heterocycles. The van der Waals surface area contributed by atoms with Crippen molar-refractivity contribution in [2.75, 3.05) is 13.1 Å². The Labute approximate surface area is 163 Å². The monoisotopic (exact) mass is 394 g/mol. The van der Waals surface area contributed by atoms with Crippen molar-refractivity contribution in [1.82, 2.24) is 10.2 Å². The molecule has 2 N–H and O–H groups in total. The summed E-state index contributed by atoms with van der Waals surface area (Å²) in [6.45, 7) is 5.67. The largest absolute Gasteiger partial charge is 0.481 e. The van der Waals surface area contributed by atoms with Gasteiger partial charge in [-0.2, -0.15) is 0 Å². The lowest BCUT2D eigenvalue weighted by atomic mass is 10.0. The third kappa shape index (κ3) is 6.51. The summed E-state index contributed by atoms with van der Waals surface area (Å²) < 4.78 is 19.3. The van der Waals surface area contributed by atoms with E-state index < -0.39 is 35.4 Å². The van der Waals surface area contributed by atoms with Crippen LogP contribution in [0.4, 0.5) is 9.18 Å². The van der Waals surface area contributed by atoms with Crippen molar-refractivity contribution >= 4 is 18.0 Å². The number of alkyl carbamates (subject to hydrolysis) is 1. The topological polar surface area (TPSA) is 95.9 Å². The van der Waals surface area contributed by atoms with Crippen LogP contribution in [-0.4, -0.2) is 52.7 Å². The van der Waals surface area contributed by atoms with E-state index in [0.717, 1.165) is 0 Å². The van der Waals surface area contributed by atoms with E-state index in [9.17, 15) is 18.8 Å². The predicted molar refractivity (Wildman–Crippen MR) is 100 cm³/mol. The number of carbonyl (C=O) groups excluding carboxylic acids is 2. The highest BCUT2D eigenvalue weighted by molar-refractivity contribution is 5.80. The molecule has 0 saturated carbocycles. The molecule has 7 nitrogen and oxygen atoms in total. The lowest BCUT2D eigenvalue weighted by Crippen LogP contribution is -2.43. The highest BCUT2D eigenvalue weighted by Gasteiger charge is 2.32. The SMILES string of the molecule is CC(C)(C)OC(=O)NC(CC(=O)N1CCC(C(=O)O)C1)Cc1ccccc1F. The van der Waals surface area contributed by atoms with Crippen LogP contribution in [0.5, 0.6) is 0 Å². The Bertz CT molecular complexity index is 732. The van der Waals surface area contributed by atoms with Gasteiger partial charge in [-0.15, -0.1) is 0 Å². The van der Waals surface area contributed by atoms with E-state index in [4.69, 9.17) is 9.84 Å². The first-order valence-electron chi connectivity index (χ1n) is 9.28. The van der Waals surface area contributed by atoms with Crippen LogP contribution in [0.2, 0.25) is 0 Å². The van der Waals surface area contributed by atoms with E-state index in [1.165, 1.54) is 11.0 Å². The van der Waals surface area contributed by atoms with Crippen molar-refractivity contribution in [2.24, 2.45) is 5.92 Å². The Balaban J connectivity index is 2.07. The molecule has 28 heavy (non-hydrogen) atoms. The summed E-state index contributed by atoms with van der Waals surface area (Å²) in [4.78, 5) is 37.3. The maximum absolute atomic E-state index is 14.0. The maximum atomic E-state index is 14.0. The van der Waals surface area contributed by atoms with E-state index in [2.05, 4.69) is 5.32 Å². The highest BCUT2D eigenvalue weighted by atomic mass is 19.1. The number of benzene rings is 1. The fourth-order valence-corrected chi connectivity index (χ4v) is 3.11. The van der Waals surface area contributed by atoms with Crippen LogP contribution >= 0.6 is 0 Å². The molecule has 2 unspecified atom stereocenters. The molecule has 0 spiro atoms. The lowest BCUT2D eigenvalue weighted by molar-refractivity contribution is -0.141. The first kappa shape index (κ1) is 21.7. The summed E-state index contributed by atoms with van der Waals surface area (Å²) in [5, 5.41) is 11.7. The number of ether oxygens (including phenoxy) is 1. The average Bonchev–Trinajstić information content (AvgIpc) is 3.05. The summed E-state index contributed by atoms with van der Waals surface area (Å²) in [6.07, 6.45) is -0.238. The predicted octanol–water partition coefficient (Wildman–Crippen LogP) is 2.58. The smallest absolute Gasteiger partial charge is 0.407 e. The van der Waals surface area contributed by atoms with Crippen LogP contribution in [0.15, 0.2) is 24.3 Å². The van der Waals surface area contributed by atoms with E-state index in [1.54, 1.807) is 39.0 Å². The number of halogens is 1. The van der Waals surface area contributed by atoms with E-state index in [1.807, 2.05) is 0 Å². The fourth-order valence-electron chi connectivity index (χ4n) is 3.11. The molecule has 1 heterocycles. The molecule has 2 amide bonds. The summed E-state index contributed by atoms with van der Waals surface area (Å²) >= 11 is 0. The zero-order valence-electron chi connectivity index (χ0n) is 16.4. The van der Waals surface area contributed by atoms with E-state index in [-0.39, 0.29) is 25.3 Å². The number of hydrogen-bond acceptors (Lipinski definition) is 4. The van der Waals surface area contributed by atoms with Gasteiger partial charge in [0.2, 0.25) is 5.91 Å². The molecule has 1 aliphatic heterocycles. The van der Waals surface area contributed by atoms with Gasteiger partial charge in [0.25, 0.3) is 0 Å². The van der Waals surface area contributed by atoms with Crippen molar-refractivity contribution in [1.29, 1.82) is 0 Å². The minimum absolute atomic E-state index is 0.0695. The van der Waals surface area contributed by atoms with Gasteiger partial charge in [0.15, 0.2) is 0 Å². The van der Waals surface area contributed by atoms with Gasteiger partial charge in [0.05, 0.1) is 5.92 Å². The molecule has 0 bridgehead atoms. The Kier molecular flexibility index (Phi) is 6.99. The second-order valence-electron chi connectivity index (χ2n) is 8.01. The molecule has 0 aromatic heterocycles. The van der Waals surface area contributed by atoms with Gasteiger partial charge in [0, 0.05) is 25.6 Å². The number of aliphatic carboxylic acids is 1. The number of rotatable bonds is 6. The Morgan fingerprint density at radius 2 is 2.00 bits per heavy atom. The molecular formula is C20H27FN2O5. The third-order valence-corrected chi connectivity index (χ3v) is 4.46. The quantitative estimate of drug-likeness (QED) is 0.773. The Hall–Kier alpha value is -2.64. The van der Waals surface area contributed by atoms with E-state index in [0.29, 0.717) is 18.5 Å². The average molecular weight is 394 g/mol. The molecule has 1 aliphatic rings. The van der Waals surface area contributed by atoms with Crippen LogP contribution < -0.4 is 5.32 Å². The van der Waals surface area contributed by atoms with Crippen LogP contribution in [0.1, 0.15) is 39.2 Å². The summed E-state index contributed by atoms with van der Waals surface area (Å²) in [7, 11) is 0. The Morgan fingerprint density at radius 3 is 2.57 bits per heavy atom. The van der Waals surface area contributed by atoms with Crippen LogP contribution in [0.25, 0.3) is 0 Å². The molecule has 154 valence electrons. The summed E-state index contributed by atoms with van der Waals surface area (Å²) in [5.41, 5.74) is -0.332. The van der Waals surface area contributed by atoms with Crippen molar-refractivity contribution in [3.8, 4) is 0 Å². The van der Waals surface area contributed by atoms with Gasteiger partial charge in [-0.3, -0.25) is 9.59 Å². The van der Waals surface area contributed by atoms with E-state index >= 15 is 0 Å². The summed E-state index contributed by atoms with van der Waals surface area (Å²) in [6, 6.07) is 5.49. The fraction of sp³-hybridized carbons (Fsp3) is 0.550. The van der Waals surface area contributed by atoms with Gasteiger partial charge in [-0.05, 0) is 45.2 Å². The number of carboxylic acid groups (broad SMARTS) is 1. The molecule has 1 aromatic rings. The number of hydrogen-bond donors (Lipinski definition) is 2. The van der Waals surface area contributed by atoms with Crippen LogP contribution in [0, 0.1) is 11.7 Å². The van der Waals surface area contributed by atoms with Crippen molar-refractivity contribution in [3.63, 3.8) is 0 Å². The number of carboxylic acids is 1. The number of nitrogens with zero attached hydrogens (tertiary/aromatic N) is 1. The number of carbonyl (C=O) groups is 3. The van der Waals surface area contributed by atoms with Crippen LogP contribution in [0.3, 0.4) is 0 Å². The highest BCUT2D eigenvalue weighted by Crippen LogP contribution is 2.19. The van der Waals surface area contributed by atoms with Gasteiger partial charge < -0.3 is 20.1 Å². The second kappa shape index (κ2) is 9.03. The van der Waals surface area contributed by atoms with Crippen LogP contribution in [-0.2, 0) is 20.7 Å². The third-order valence-electron chi connectivity index (χ3n) is 4.46. The molecule has 8 heteroatoms.